The first-order chi connectivity index (χ1) is 13.7. The molecule has 5 heteroatoms. The van der Waals surface area contributed by atoms with Crippen LogP contribution in [0.25, 0.3) is 10.8 Å². The molecule has 2 aromatic carbocycles. The van der Waals surface area contributed by atoms with Crippen LogP contribution in [0.3, 0.4) is 0 Å². The topological polar surface area (TPSA) is 60.3 Å². The first-order valence-electron chi connectivity index (χ1n) is 9.87. The number of hydrogen-bond acceptors (Lipinski definition) is 3. The van der Waals surface area contributed by atoms with E-state index >= 15 is 0 Å². The lowest BCUT2D eigenvalue weighted by atomic mass is 10.0. The van der Waals surface area contributed by atoms with Crippen molar-refractivity contribution < 1.29 is 9.53 Å². The molecule has 1 aromatic heterocycles. The van der Waals surface area contributed by atoms with Gasteiger partial charge in [-0.05, 0) is 82.3 Å². The number of fused-ring (bicyclic) bond motifs is 1. The first kappa shape index (κ1) is 20.6. The highest BCUT2D eigenvalue weighted by Gasteiger charge is 2.19. The number of pyridine rings is 1. The average Bonchev–Trinajstić information content (AvgIpc) is 2.63. The van der Waals surface area contributed by atoms with Crippen LogP contribution in [-0.4, -0.2) is 16.6 Å². The van der Waals surface area contributed by atoms with Crippen molar-refractivity contribution >= 4 is 22.4 Å². The number of rotatable bonds is 5. The molecule has 0 saturated carbocycles. The van der Waals surface area contributed by atoms with Crippen molar-refractivity contribution in [2.24, 2.45) is 0 Å². The summed E-state index contributed by atoms with van der Waals surface area (Å²) in [5, 5.41) is 4.35. The van der Waals surface area contributed by atoms with Gasteiger partial charge in [0.15, 0.2) is 0 Å². The predicted molar refractivity (Wildman–Crippen MR) is 118 cm³/mol. The van der Waals surface area contributed by atoms with Crippen molar-refractivity contribution in [3.8, 4) is 5.75 Å². The zero-order valence-corrected chi connectivity index (χ0v) is 17.9. The van der Waals surface area contributed by atoms with Gasteiger partial charge in [0.1, 0.15) is 11.8 Å². The summed E-state index contributed by atoms with van der Waals surface area (Å²) in [6.07, 6.45) is 1.73. The molecule has 1 atom stereocenters. The fourth-order valence-electron chi connectivity index (χ4n) is 3.62. The van der Waals surface area contributed by atoms with Gasteiger partial charge in [0.05, 0.1) is 6.10 Å². The van der Waals surface area contributed by atoms with Gasteiger partial charge in [0.25, 0.3) is 5.56 Å². The Kier molecular flexibility index (Phi) is 5.78. The number of aryl methyl sites for hydroxylation is 3. The molecule has 1 unspecified atom stereocenters. The lowest BCUT2D eigenvalue weighted by Gasteiger charge is -2.18. The average molecular weight is 392 g/mol. The summed E-state index contributed by atoms with van der Waals surface area (Å²) in [4.78, 5) is 25.9. The maximum Gasteiger partial charge on any atom is 0.259 e. The molecule has 0 saturated heterocycles. The summed E-state index contributed by atoms with van der Waals surface area (Å²) >= 11 is 0. The second-order valence-corrected chi connectivity index (χ2v) is 7.88. The van der Waals surface area contributed by atoms with E-state index in [4.69, 9.17) is 4.74 Å². The van der Waals surface area contributed by atoms with E-state index < -0.39 is 6.04 Å². The first-order valence-corrected chi connectivity index (χ1v) is 9.87. The second-order valence-electron chi connectivity index (χ2n) is 7.88. The lowest BCUT2D eigenvalue weighted by molar-refractivity contribution is -0.118. The zero-order valence-electron chi connectivity index (χ0n) is 17.9. The van der Waals surface area contributed by atoms with Crippen LogP contribution in [-0.2, 0) is 4.79 Å². The van der Waals surface area contributed by atoms with E-state index in [1.807, 2.05) is 58.9 Å². The van der Waals surface area contributed by atoms with Crippen LogP contribution in [0.4, 0.5) is 5.69 Å². The van der Waals surface area contributed by atoms with Crippen LogP contribution in [0.5, 0.6) is 5.75 Å². The molecule has 5 nitrogen and oxygen atoms in total. The molecule has 3 rings (SSSR count). The number of hydrogen-bond donors (Lipinski definition) is 1. The molecule has 1 amide bonds. The highest BCUT2D eigenvalue weighted by Crippen LogP contribution is 2.24. The minimum Gasteiger partial charge on any atom is -0.491 e. The largest absolute Gasteiger partial charge is 0.491 e. The number of nitrogens with zero attached hydrogens (tertiary/aromatic N) is 1. The number of ether oxygens (including phenoxy) is 1. The highest BCUT2D eigenvalue weighted by atomic mass is 16.5. The Morgan fingerprint density at radius 3 is 2.28 bits per heavy atom. The molecule has 0 aliphatic heterocycles. The third kappa shape index (κ3) is 4.34. The number of nitrogens with one attached hydrogen (secondary N) is 1. The van der Waals surface area contributed by atoms with E-state index in [1.54, 1.807) is 25.3 Å². The Morgan fingerprint density at radius 1 is 1.00 bits per heavy atom. The molecule has 152 valence electrons. The van der Waals surface area contributed by atoms with Crippen molar-refractivity contribution in [1.29, 1.82) is 0 Å². The van der Waals surface area contributed by atoms with Crippen molar-refractivity contribution in [2.45, 2.75) is 53.7 Å². The molecule has 0 aliphatic rings. The Labute approximate surface area is 171 Å². The molecule has 0 aliphatic carbocycles. The highest BCUT2D eigenvalue weighted by molar-refractivity contribution is 5.95. The quantitative estimate of drug-likeness (QED) is 0.671. The number of carbonyl (C=O) groups excluding carboxylic acids is 1. The van der Waals surface area contributed by atoms with Gasteiger partial charge in [-0.1, -0.05) is 17.7 Å². The zero-order chi connectivity index (χ0) is 21.3. The molecule has 0 bridgehead atoms. The standard InChI is InChI=1S/C24H28N2O3/c1-14(2)29-20-7-8-21-19(13-20)9-10-26(24(21)28)18(6)23(27)25-22-16(4)11-15(3)12-17(22)5/h7-14,18H,1-6H3,(H,25,27). The van der Waals surface area contributed by atoms with Crippen molar-refractivity contribution in [2.75, 3.05) is 5.32 Å². The van der Waals surface area contributed by atoms with Crippen LogP contribution in [0.1, 0.15) is 43.5 Å². The summed E-state index contributed by atoms with van der Waals surface area (Å²) in [5.41, 5.74) is 3.77. The van der Waals surface area contributed by atoms with Gasteiger partial charge in [-0.25, -0.2) is 0 Å². The molecular weight excluding hydrogens is 364 g/mol. The van der Waals surface area contributed by atoms with Gasteiger partial charge in [0.2, 0.25) is 5.91 Å². The summed E-state index contributed by atoms with van der Waals surface area (Å²) in [5.74, 6) is 0.502. The SMILES string of the molecule is Cc1cc(C)c(NC(=O)C(C)n2ccc3cc(OC(C)C)ccc3c2=O)c(C)c1. The van der Waals surface area contributed by atoms with E-state index in [2.05, 4.69) is 5.32 Å². The van der Waals surface area contributed by atoms with E-state index in [9.17, 15) is 9.59 Å². The van der Waals surface area contributed by atoms with Crippen molar-refractivity contribution in [3.63, 3.8) is 0 Å². The molecule has 3 aromatic rings. The lowest BCUT2D eigenvalue weighted by Crippen LogP contribution is -2.31. The molecule has 0 fully saturated rings. The van der Waals surface area contributed by atoms with Gasteiger partial charge in [-0.3, -0.25) is 9.59 Å². The molecular formula is C24H28N2O3. The maximum atomic E-state index is 13.0. The van der Waals surface area contributed by atoms with Crippen LogP contribution in [0.15, 0.2) is 47.4 Å². The van der Waals surface area contributed by atoms with Crippen LogP contribution in [0, 0.1) is 20.8 Å². The number of carbonyl (C=O) groups is 1. The van der Waals surface area contributed by atoms with Crippen LogP contribution in [0.2, 0.25) is 0 Å². The molecule has 1 heterocycles. The summed E-state index contributed by atoms with van der Waals surface area (Å²) < 4.78 is 7.17. The minimum atomic E-state index is -0.640. The van der Waals surface area contributed by atoms with Gasteiger partial charge < -0.3 is 14.6 Å². The molecule has 0 spiro atoms. The van der Waals surface area contributed by atoms with Crippen molar-refractivity contribution in [1.82, 2.24) is 4.57 Å². The normalized spacial score (nSPS) is 12.2. The smallest absolute Gasteiger partial charge is 0.259 e. The number of amides is 1. The third-order valence-corrected chi connectivity index (χ3v) is 5.00. The Balaban J connectivity index is 1.90. The molecule has 1 N–H and O–H groups in total. The number of aromatic nitrogens is 1. The van der Waals surface area contributed by atoms with E-state index in [0.29, 0.717) is 5.39 Å². The Hall–Kier alpha value is -3.08. The van der Waals surface area contributed by atoms with E-state index in [0.717, 1.165) is 33.5 Å². The van der Waals surface area contributed by atoms with Gasteiger partial charge >= 0.3 is 0 Å². The van der Waals surface area contributed by atoms with Gasteiger partial charge in [0, 0.05) is 17.3 Å². The van der Waals surface area contributed by atoms with Crippen LogP contribution >= 0.6 is 0 Å². The van der Waals surface area contributed by atoms with Gasteiger partial charge in [-0.2, -0.15) is 0 Å². The minimum absolute atomic E-state index is 0.0604. The monoisotopic (exact) mass is 392 g/mol. The van der Waals surface area contributed by atoms with E-state index in [-0.39, 0.29) is 17.6 Å². The third-order valence-electron chi connectivity index (χ3n) is 5.00. The Morgan fingerprint density at radius 2 is 1.66 bits per heavy atom. The van der Waals surface area contributed by atoms with Crippen molar-refractivity contribution in [3.05, 3.63) is 69.6 Å². The number of benzene rings is 2. The summed E-state index contributed by atoms with van der Waals surface area (Å²) in [6, 6.07) is 10.7. The predicted octanol–water partition coefficient (Wildman–Crippen LogP) is 4.91. The summed E-state index contributed by atoms with van der Waals surface area (Å²) in [6.45, 7) is 11.6. The van der Waals surface area contributed by atoms with Crippen LogP contribution < -0.4 is 15.6 Å². The van der Waals surface area contributed by atoms with E-state index in [1.165, 1.54) is 4.57 Å². The molecule has 0 radical (unpaired) electrons. The maximum absolute atomic E-state index is 13.0. The van der Waals surface area contributed by atoms with Gasteiger partial charge in [-0.15, -0.1) is 0 Å². The molecule has 29 heavy (non-hydrogen) atoms. The number of anilines is 1. The fourth-order valence-corrected chi connectivity index (χ4v) is 3.62. The second kappa shape index (κ2) is 8.11. The Bertz CT molecular complexity index is 1110. The summed E-state index contributed by atoms with van der Waals surface area (Å²) in [7, 11) is 0. The fraction of sp³-hybridized carbons (Fsp3) is 0.333.